The van der Waals surface area contributed by atoms with Gasteiger partial charge in [0.25, 0.3) is 0 Å². The Balaban J connectivity index is 2.53. The molecule has 110 valence electrons. The Hall–Kier alpha value is -0.470. The zero-order valence-electron chi connectivity index (χ0n) is 11.6. The standard InChI is InChI=1S/C12H22N2O3S2/c1-10(2)13-9-11-5-6-12(18-11)19(15,16)14-7-4-8-17-3/h5-6,10,13-14H,4,7-9H2,1-3H3. The molecule has 1 aromatic heterocycles. The first-order valence-corrected chi connectivity index (χ1v) is 8.56. The molecule has 0 unspecified atom stereocenters. The molecule has 1 rings (SSSR count). The molecule has 0 aliphatic heterocycles. The van der Waals surface area contributed by atoms with Crippen molar-refractivity contribution >= 4 is 21.4 Å². The Bertz CT molecular complexity index is 469. The first kappa shape index (κ1) is 16.6. The maximum absolute atomic E-state index is 12.0. The van der Waals surface area contributed by atoms with Crippen molar-refractivity contribution in [3.8, 4) is 0 Å². The lowest BCUT2D eigenvalue weighted by molar-refractivity contribution is 0.196. The second-order valence-electron chi connectivity index (χ2n) is 4.50. The van der Waals surface area contributed by atoms with Crippen LogP contribution in [0.1, 0.15) is 25.1 Å². The van der Waals surface area contributed by atoms with E-state index in [1.807, 2.05) is 6.07 Å². The summed E-state index contributed by atoms with van der Waals surface area (Å²) in [7, 11) is -1.77. The Labute approximate surface area is 119 Å². The number of thiophene rings is 1. The van der Waals surface area contributed by atoms with Crippen molar-refractivity contribution in [2.24, 2.45) is 0 Å². The monoisotopic (exact) mass is 306 g/mol. The van der Waals surface area contributed by atoms with Gasteiger partial charge in [0.2, 0.25) is 10.0 Å². The summed E-state index contributed by atoms with van der Waals surface area (Å²) in [6, 6.07) is 3.89. The molecule has 0 saturated heterocycles. The summed E-state index contributed by atoms with van der Waals surface area (Å²) < 4.78 is 31.8. The van der Waals surface area contributed by atoms with E-state index < -0.39 is 10.0 Å². The Kier molecular flexibility index (Phi) is 6.95. The molecule has 0 saturated carbocycles. The SMILES string of the molecule is COCCCNS(=O)(=O)c1ccc(CNC(C)C)s1. The molecule has 19 heavy (non-hydrogen) atoms. The fourth-order valence-corrected chi connectivity index (χ4v) is 3.82. The molecule has 5 nitrogen and oxygen atoms in total. The van der Waals surface area contributed by atoms with Crippen LogP contribution in [0.25, 0.3) is 0 Å². The van der Waals surface area contributed by atoms with Gasteiger partial charge in [0, 0.05) is 37.7 Å². The van der Waals surface area contributed by atoms with E-state index in [0.717, 1.165) is 4.88 Å². The van der Waals surface area contributed by atoms with Crippen LogP contribution >= 0.6 is 11.3 Å². The van der Waals surface area contributed by atoms with Gasteiger partial charge in [-0.3, -0.25) is 0 Å². The maximum atomic E-state index is 12.0. The van der Waals surface area contributed by atoms with Crippen LogP contribution in [0.4, 0.5) is 0 Å². The van der Waals surface area contributed by atoms with E-state index in [4.69, 9.17) is 4.74 Å². The lowest BCUT2D eigenvalue weighted by Crippen LogP contribution is -2.24. The van der Waals surface area contributed by atoms with E-state index in [2.05, 4.69) is 23.9 Å². The zero-order valence-corrected chi connectivity index (χ0v) is 13.2. The zero-order chi connectivity index (χ0) is 14.3. The largest absolute Gasteiger partial charge is 0.385 e. The summed E-state index contributed by atoms with van der Waals surface area (Å²) in [5.74, 6) is 0. The molecule has 0 aliphatic rings. The highest BCUT2D eigenvalue weighted by atomic mass is 32.2. The van der Waals surface area contributed by atoms with Crippen molar-refractivity contribution in [2.45, 2.75) is 37.1 Å². The molecule has 7 heteroatoms. The highest BCUT2D eigenvalue weighted by molar-refractivity contribution is 7.91. The van der Waals surface area contributed by atoms with Gasteiger partial charge in [-0.1, -0.05) is 13.8 Å². The predicted molar refractivity (Wildman–Crippen MR) is 78.0 cm³/mol. The van der Waals surface area contributed by atoms with Crippen molar-refractivity contribution in [1.82, 2.24) is 10.0 Å². The minimum absolute atomic E-state index is 0.366. The fourth-order valence-electron chi connectivity index (χ4n) is 1.40. The summed E-state index contributed by atoms with van der Waals surface area (Å²) in [6.45, 7) is 5.76. The molecule has 0 spiro atoms. The average Bonchev–Trinajstić information content (AvgIpc) is 2.82. The fraction of sp³-hybridized carbons (Fsp3) is 0.667. The van der Waals surface area contributed by atoms with Crippen LogP contribution in [-0.2, 0) is 21.3 Å². The number of sulfonamides is 1. The van der Waals surface area contributed by atoms with Crippen molar-refractivity contribution in [3.05, 3.63) is 17.0 Å². The minimum Gasteiger partial charge on any atom is -0.385 e. The second-order valence-corrected chi connectivity index (χ2v) is 7.66. The molecular formula is C12H22N2O3S2. The summed E-state index contributed by atoms with van der Waals surface area (Å²) in [5, 5.41) is 3.27. The van der Waals surface area contributed by atoms with Gasteiger partial charge in [-0.25, -0.2) is 13.1 Å². The first-order valence-electron chi connectivity index (χ1n) is 6.26. The second kappa shape index (κ2) is 7.96. The normalized spacial score (nSPS) is 12.2. The van der Waals surface area contributed by atoms with Crippen LogP contribution in [0.15, 0.2) is 16.3 Å². The molecule has 0 fully saturated rings. The predicted octanol–water partition coefficient (Wildman–Crippen LogP) is 1.56. The van der Waals surface area contributed by atoms with Gasteiger partial charge in [0.05, 0.1) is 0 Å². The Morgan fingerprint density at radius 1 is 1.37 bits per heavy atom. The molecule has 0 amide bonds. The third kappa shape index (κ3) is 6.01. The van der Waals surface area contributed by atoms with Gasteiger partial charge in [-0.05, 0) is 18.6 Å². The molecule has 1 heterocycles. The number of ether oxygens (including phenoxy) is 1. The average molecular weight is 306 g/mol. The lowest BCUT2D eigenvalue weighted by Gasteiger charge is -2.06. The van der Waals surface area contributed by atoms with Gasteiger partial charge in [-0.2, -0.15) is 0 Å². The molecule has 0 radical (unpaired) electrons. The number of rotatable bonds is 9. The highest BCUT2D eigenvalue weighted by Gasteiger charge is 2.16. The smallest absolute Gasteiger partial charge is 0.250 e. The van der Waals surface area contributed by atoms with Crippen LogP contribution in [0.2, 0.25) is 0 Å². The molecule has 0 atom stereocenters. The summed E-state index contributed by atoms with van der Waals surface area (Å²) in [4.78, 5) is 1.02. The molecule has 0 aliphatic carbocycles. The number of hydrogen-bond donors (Lipinski definition) is 2. The van der Waals surface area contributed by atoms with Crippen LogP contribution in [0, 0.1) is 0 Å². The van der Waals surface area contributed by atoms with E-state index in [-0.39, 0.29) is 0 Å². The molecule has 1 aromatic rings. The minimum atomic E-state index is -3.37. The number of methoxy groups -OCH3 is 1. The van der Waals surface area contributed by atoms with Gasteiger partial charge in [-0.15, -0.1) is 11.3 Å². The Morgan fingerprint density at radius 2 is 2.11 bits per heavy atom. The third-order valence-corrected chi connectivity index (χ3v) is 5.44. The highest BCUT2D eigenvalue weighted by Crippen LogP contribution is 2.21. The van der Waals surface area contributed by atoms with E-state index in [1.165, 1.54) is 11.3 Å². The quantitative estimate of drug-likeness (QED) is 0.680. The molecule has 0 aromatic carbocycles. The Morgan fingerprint density at radius 3 is 2.74 bits per heavy atom. The lowest BCUT2D eigenvalue weighted by atomic mass is 10.4. The first-order chi connectivity index (χ1) is 8.95. The van der Waals surface area contributed by atoms with Crippen LogP contribution in [0.5, 0.6) is 0 Å². The van der Waals surface area contributed by atoms with Crippen molar-refractivity contribution in [3.63, 3.8) is 0 Å². The molecular weight excluding hydrogens is 284 g/mol. The van der Waals surface area contributed by atoms with Gasteiger partial charge < -0.3 is 10.1 Å². The number of hydrogen-bond acceptors (Lipinski definition) is 5. The van der Waals surface area contributed by atoms with E-state index in [1.54, 1.807) is 13.2 Å². The summed E-state index contributed by atoms with van der Waals surface area (Å²) in [5.41, 5.74) is 0. The van der Waals surface area contributed by atoms with Crippen LogP contribution in [-0.4, -0.2) is 34.7 Å². The van der Waals surface area contributed by atoms with Crippen LogP contribution in [0.3, 0.4) is 0 Å². The van der Waals surface area contributed by atoms with E-state index in [0.29, 0.717) is 36.4 Å². The summed E-state index contributed by atoms with van der Waals surface area (Å²) in [6.07, 6.45) is 0.670. The number of nitrogens with one attached hydrogen (secondary N) is 2. The maximum Gasteiger partial charge on any atom is 0.250 e. The van der Waals surface area contributed by atoms with Crippen molar-refractivity contribution < 1.29 is 13.2 Å². The molecule has 2 N–H and O–H groups in total. The van der Waals surface area contributed by atoms with E-state index in [9.17, 15) is 8.42 Å². The molecule has 0 bridgehead atoms. The van der Waals surface area contributed by atoms with Gasteiger partial charge in [0.1, 0.15) is 4.21 Å². The third-order valence-electron chi connectivity index (χ3n) is 2.40. The van der Waals surface area contributed by atoms with Crippen LogP contribution < -0.4 is 10.0 Å². The van der Waals surface area contributed by atoms with Gasteiger partial charge in [0.15, 0.2) is 0 Å². The van der Waals surface area contributed by atoms with E-state index >= 15 is 0 Å². The van der Waals surface area contributed by atoms with Crippen molar-refractivity contribution in [2.75, 3.05) is 20.3 Å². The van der Waals surface area contributed by atoms with Gasteiger partial charge >= 0.3 is 0 Å². The van der Waals surface area contributed by atoms with Crippen molar-refractivity contribution in [1.29, 1.82) is 0 Å². The topological polar surface area (TPSA) is 67.4 Å². The summed E-state index contributed by atoms with van der Waals surface area (Å²) >= 11 is 1.30.